The summed E-state index contributed by atoms with van der Waals surface area (Å²) in [5.74, 6) is 0.665. The molecule has 0 N–H and O–H groups in total. The van der Waals surface area contributed by atoms with Crippen LogP contribution in [0.2, 0.25) is 0 Å². The molecule has 0 aromatic heterocycles. The summed E-state index contributed by atoms with van der Waals surface area (Å²) in [7, 11) is 0. The summed E-state index contributed by atoms with van der Waals surface area (Å²) in [5.41, 5.74) is 0. The highest BCUT2D eigenvalue weighted by Crippen LogP contribution is 2.17. The Labute approximate surface area is 70.6 Å². The molecule has 1 fully saturated rings. The fourth-order valence-electron chi connectivity index (χ4n) is 0.813. The van der Waals surface area contributed by atoms with Crippen molar-refractivity contribution in [3.8, 4) is 0 Å². The maximum atomic E-state index is 10.9. The van der Waals surface area contributed by atoms with Crippen LogP contribution in [-0.2, 0) is 13.7 Å². The third-order valence-electron chi connectivity index (χ3n) is 1.34. The minimum Gasteiger partial charge on any atom is -0.459 e. The molecule has 0 aromatic rings. The lowest BCUT2D eigenvalue weighted by molar-refractivity contribution is -0.148. The average Bonchev–Trinajstić information content (AvgIpc) is 2.40. The van der Waals surface area contributed by atoms with Crippen molar-refractivity contribution in [2.75, 3.05) is 12.4 Å². The van der Waals surface area contributed by atoms with E-state index in [0.29, 0.717) is 13.0 Å². The molecule has 1 atom stereocenters. The molecule has 0 aliphatic carbocycles. The van der Waals surface area contributed by atoms with Gasteiger partial charge in [-0.1, -0.05) is 6.92 Å². The second-order valence-corrected chi connectivity index (χ2v) is 3.24. The Bertz CT molecular complexity index is 132. The van der Waals surface area contributed by atoms with Gasteiger partial charge in [0.1, 0.15) is 6.10 Å². The molecule has 0 bridgehead atoms. The van der Waals surface area contributed by atoms with Crippen LogP contribution in [0.3, 0.4) is 0 Å². The van der Waals surface area contributed by atoms with Gasteiger partial charge in [-0.25, -0.2) is 0 Å². The van der Waals surface area contributed by atoms with Gasteiger partial charge in [0.15, 0.2) is 0 Å². The van der Waals surface area contributed by atoms with Gasteiger partial charge in [-0.15, -0.1) is 0 Å². The first-order valence-corrected chi connectivity index (χ1v) is 4.68. The van der Waals surface area contributed by atoms with Gasteiger partial charge in [0, 0.05) is 6.42 Å². The van der Waals surface area contributed by atoms with Gasteiger partial charge >= 0.3 is 5.97 Å². The summed E-state index contributed by atoms with van der Waals surface area (Å²) in [5, 5.41) is 0. The summed E-state index contributed by atoms with van der Waals surface area (Å²) in [6.07, 6.45) is 1.35. The first-order valence-electron chi connectivity index (χ1n) is 3.77. The maximum absolute atomic E-state index is 10.9. The van der Waals surface area contributed by atoms with E-state index in [1.54, 1.807) is 0 Å². The molecule has 0 saturated carbocycles. The van der Waals surface area contributed by atoms with Crippen LogP contribution in [0.4, 0.5) is 0 Å². The Morgan fingerprint density at radius 3 is 3.18 bits per heavy atom. The zero-order valence-electron chi connectivity index (χ0n) is 6.54. The van der Waals surface area contributed by atoms with Gasteiger partial charge in [-0.05, 0) is 18.5 Å². The van der Waals surface area contributed by atoms with E-state index < -0.39 is 0 Å². The van der Waals surface area contributed by atoms with E-state index in [1.807, 2.05) is 6.92 Å². The fourth-order valence-corrected chi connectivity index (χ4v) is 1.47. The monoisotopic (exact) mass is 176 g/mol. The Morgan fingerprint density at radius 2 is 2.64 bits per heavy atom. The van der Waals surface area contributed by atoms with Crippen LogP contribution < -0.4 is 0 Å². The second-order valence-electron chi connectivity index (χ2n) is 2.43. The maximum Gasteiger partial charge on any atom is 0.306 e. The summed E-state index contributed by atoms with van der Waals surface area (Å²) in [6.45, 7) is 2.50. The highest BCUT2D eigenvalue weighted by Gasteiger charge is 2.20. The van der Waals surface area contributed by atoms with Gasteiger partial charge in [0.2, 0.25) is 0 Å². The van der Waals surface area contributed by atoms with E-state index in [2.05, 4.69) is 0 Å². The molecular weight excluding hydrogens is 164 g/mol. The molecule has 11 heavy (non-hydrogen) atoms. The van der Waals surface area contributed by atoms with Gasteiger partial charge in [0.25, 0.3) is 0 Å². The summed E-state index contributed by atoms with van der Waals surface area (Å²) < 4.78 is 10.0. The van der Waals surface area contributed by atoms with Gasteiger partial charge in [-0.2, -0.15) is 0 Å². The lowest BCUT2D eigenvalue weighted by Gasteiger charge is -2.07. The Kier molecular flexibility index (Phi) is 3.72. The highest BCUT2D eigenvalue weighted by atomic mass is 32.2. The van der Waals surface area contributed by atoms with E-state index in [4.69, 9.17) is 8.92 Å². The van der Waals surface area contributed by atoms with Crippen LogP contribution in [-0.4, -0.2) is 24.4 Å². The lowest BCUT2D eigenvalue weighted by Crippen LogP contribution is -2.19. The molecule has 0 spiro atoms. The summed E-state index contributed by atoms with van der Waals surface area (Å²) >= 11 is 1.37. The molecule has 1 aliphatic rings. The Morgan fingerprint density at radius 1 is 1.82 bits per heavy atom. The number of hydrogen-bond acceptors (Lipinski definition) is 4. The molecule has 0 radical (unpaired) electrons. The molecule has 1 rings (SSSR count). The van der Waals surface area contributed by atoms with Crippen molar-refractivity contribution in [2.24, 2.45) is 0 Å². The molecule has 0 amide bonds. The molecule has 3 nitrogen and oxygen atoms in total. The Hall–Kier alpha value is -0.220. The van der Waals surface area contributed by atoms with Crippen LogP contribution >= 0.6 is 12.0 Å². The van der Waals surface area contributed by atoms with Crippen LogP contribution in [0.25, 0.3) is 0 Å². The molecule has 0 aromatic carbocycles. The topological polar surface area (TPSA) is 35.5 Å². The van der Waals surface area contributed by atoms with Crippen molar-refractivity contribution in [2.45, 2.75) is 25.9 Å². The van der Waals surface area contributed by atoms with E-state index in [0.717, 1.165) is 12.2 Å². The number of ether oxygens (including phenoxy) is 1. The smallest absolute Gasteiger partial charge is 0.306 e. The van der Waals surface area contributed by atoms with E-state index in [-0.39, 0.29) is 12.1 Å². The quantitative estimate of drug-likeness (QED) is 0.480. The molecule has 64 valence electrons. The van der Waals surface area contributed by atoms with Crippen molar-refractivity contribution in [1.82, 2.24) is 0 Å². The zero-order chi connectivity index (χ0) is 8.10. The minimum atomic E-state index is -0.108. The van der Waals surface area contributed by atoms with Crippen molar-refractivity contribution >= 4 is 18.0 Å². The van der Waals surface area contributed by atoms with Gasteiger partial charge in [-0.3, -0.25) is 4.79 Å². The first kappa shape index (κ1) is 8.87. The molecule has 1 unspecified atom stereocenters. The Balaban J connectivity index is 2.13. The molecule has 1 saturated heterocycles. The van der Waals surface area contributed by atoms with E-state index in [9.17, 15) is 4.79 Å². The summed E-state index contributed by atoms with van der Waals surface area (Å²) in [6, 6.07) is 0. The second kappa shape index (κ2) is 4.62. The number of carbonyl (C=O) groups is 1. The molecule has 1 heterocycles. The van der Waals surface area contributed by atoms with Crippen LogP contribution in [0.1, 0.15) is 19.8 Å². The standard InChI is InChI=1S/C7H12O3S/c1-2-3-7(8)10-6-4-9-11-5-6/h6H,2-5H2,1H3. The van der Waals surface area contributed by atoms with E-state index in [1.165, 1.54) is 12.0 Å². The lowest BCUT2D eigenvalue weighted by atomic mass is 10.3. The minimum absolute atomic E-state index is 0.0148. The average molecular weight is 176 g/mol. The predicted octanol–water partition coefficient (Wildman–Crippen LogP) is 1.38. The fraction of sp³-hybridized carbons (Fsp3) is 0.857. The molecule has 1 aliphatic heterocycles. The normalized spacial score (nSPS) is 23.5. The van der Waals surface area contributed by atoms with Crippen molar-refractivity contribution in [3.63, 3.8) is 0 Å². The SMILES string of the molecule is CCCC(=O)OC1COSC1. The zero-order valence-corrected chi connectivity index (χ0v) is 7.36. The first-order chi connectivity index (χ1) is 5.33. The van der Waals surface area contributed by atoms with Gasteiger partial charge in [0.05, 0.1) is 12.4 Å². The van der Waals surface area contributed by atoms with Crippen LogP contribution in [0.5, 0.6) is 0 Å². The number of carbonyl (C=O) groups excluding carboxylic acids is 1. The van der Waals surface area contributed by atoms with Gasteiger partial charge < -0.3 is 8.92 Å². The van der Waals surface area contributed by atoms with Crippen molar-refractivity contribution in [3.05, 3.63) is 0 Å². The molecule has 4 heteroatoms. The van der Waals surface area contributed by atoms with E-state index >= 15 is 0 Å². The van der Waals surface area contributed by atoms with Crippen LogP contribution in [0.15, 0.2) is 0 Å². The molecular formula is C7H12O3S. The number of rotatable bonds is 3. The summed E-state index contributed by atoms with van der Waals surface area (Å²) in [4.78, 5) is 10.9. The largest absolute Gasteiger partial charge is 0.459 e. The number of hydrogen-bond donors (Lipinski definition) is 0. The third kappa shape index (κ3) is 3.12. The predicted molar refractivity (Wildman–Crippen MR) is 43.2 cm³/mol. The number of esters is 1. The van der Waals surface area contributed by atoms with Crippen LogP contribution in [0, 0.1) is 0 Å². The highest BCUT2D eigenvalue weighted by molar-refractivity contribution is 7.94. The van der Waals surface area contributed by atoms with Crippen molar-refractivity contribution < 1.29 is 13.7 Å². The van der Waals surface area contributed by atoms with Crippen molar-refractivity contribution in [1.29, 1.82) is 0 Å². The third-order valence-corrected chi connectivity index (χ3v) is 2.15.